The van der Waals surface area contributed by atoms with Crippen molar-refractivity contribution in [1.29, 1.82) is 0 Å². The van der Waals surface area contributed by atoms with Crippen molar-refractivity contribution in [3.63, 3.8) is 0 Å². The number of aryl methyl sites for hydroxylation is 2. The maximum atomic E-state index is 13.0. The largest absolute Gasteiger partial charge is 0.399 e. The van der Waals surface area contributed by atoms with E-state index >= 15 is 0 Å². The smallest absolute Gasteiger partial charge is 0.282 e. The Morgan fingerprint density at radius 2 is 1.54 bits per heavy atom. The molecule has 0 bridgehead atoms. The van der Waals surface area contributed by atoms with Crippen molar-refractivity contribution >= 4 is 38.7 Å². The number of benzene rings is 3. The highest BCUT2D eigenvalue weighted by Gasteiger charge is 2.30. The zero-order valence-corrected chi connectivity index (χ0v) is 24.5. The molecular weight excluding hydrogens is 538 g/mol. The minimum atomic E-state index is -3.59. The molecule has 0 atom stereocenters. The topological polar surface area (TPSA) is 117 Å². The Morgan fingerprint density at radius 3 is 2.15 bits per heavy atom. The van der Waals surface area contributed by atoms with Gasteiger partial charge in [-0.3, -0.25) is 4.79 Å². The van der Waals surface area contributed by atoms with Gasteiger partial charge in [-0.05, 0) is 67.3 Å². The summed E-state index contributed by atoms with van der Waals surface area (Å²) in [7, 11) is -3.59. The third kappa shape index (κ3) is 7.02. The van der Waals surface area contributed by atoms with Crippen LogP contribution in [0, 0.1) is 0 Å². The van der Waals surface area contributed by atoms with E-state index in [0.717, 1.165) is 29.8 Å². The highest BCUT2D eigenvalue weighted by Crippen LogP contribution is 2.27. The van der Waals surface area contributed by atoms with Gasteiger partial charge in [-0.25, -0.2) is 8.42 Å². The van der Waals surface area contributed by atoms with Gasteiger partial charge in [0.25, 0.3) is 5.91 Å². The van der Waals surface area contributed by atoms with Crippen LogP contribution < -0.4 is 16.1 Å². The molecule has 1 amide bonds. The number of hydrogen-bond donors (Lipinski definition) is 2. The highest BCUT2D eigenvalue weighted by atomic mass is 32.2. The quantitative estimate of drug-likeness (QED) is 0.308. The number of nitrogens with one attached hydrogen (secondary N) is 1. The molecule has 0 aromatic heterocycles. The lowest BCUT2D eigenvalue weighted by atomic mass is 10.1. The molecule has 0 saturated carbocycles. The summed E-state index contributed by atoms with van der Waals surface area (Å²) in [4.78, 5) is 13.2. The molecule has 1 saturated heterocycles. The van der Waals surface area contributed by atoms with Crippen LogP contribution in [0.4, 0.5) is 17.1 Å². The Hall–Kier alpha value is -3.99. The van der Waals surface area contributed by atoms with Gasteiger partial charge in [-0.15, -0.1) is 0 Å². The summed E-state index contributed by atoms with van der Waals surface area (Å²) in [6, 6.07) is 22.1. The molecule has 2 heterocycles. The first-order valence-electron chi connectivity index (χ1n) is 13.7. The monoisotopic (exact) mass is 575 g/mol. The first kappa shape index (κ1) is 30.0. The Bertz CT molecular complexity index is 1530. The first-order valence-corrected chi connectivity index (χ1v) is 15.2. The molecule has 216 valence electrons. The molecule has 9 nitrogen and oxygen atoms in total. The van der Waals surface area contributed by atoms with E-state index in [9.17, 15) is 13.2 Å². The van der Waals surface area contributed by atoms with E-state index in [4.69, 9.17) is 10.5 Å². The number of ether oxygens (including phenoxy) is 1. The van der Waals surface area contributed by atoms with E-state index in [2.05, 4.69) is 30.3 Å². The van der Waals surface area contributed by atoms with Crippen molar-refractivity contribution in [1.82, 2.24) is 4.31 Å². The second kappa shape index (κ2) is 13.6. The number of para-hydroxylation sites is 2. The summed E-state index contributed by atoms with van der Waals surface area (Å²) in [5, 5.41) is 8.88. The van der Waals surface area contributed by atoms with Crippen molar-refractivity contribution in [3.8, 4) is 0 Å². The van der Waals surface area contributed by atoms with Crippen LogP contribution in [-0.4, -0.2) is 50.6 Å². The van der Waals surface area contributed by atoms with Gasteiger partial charge in [0, 0.05) is 30.7 Å². The minimum absolute atomic E-state index is 0.184. The fraction of sp³-hybridized carbons (Fsp3) is 0.290. The SMILES string of the molecule is CCc1ccccc1N.CCc1ccccc1N/C=C1\C(=O)N(c2ccc(S(=O)(=O)N3CCOCC3)cc2)N=C1C. The van der Waals surface area contributed by atoms with Crippen molar-refractivity contribution in [2.45, 2.75) is 38.5 Å². The molecule has 3 aromatic rings. The molecule has 0 aliphatic carbocycles. The van der Waals surface area contributed by atoms with Gasteiger partial charge in [-0.1, -0.05) is 50.2 Å². The number of amides is 1. The number of anilines is 3. The minimum Gasteiger partial charge on any atom is -0.399 e. The molecule has 0 spiro atoms. The van der Waals surface area contributed by atoms with E-state index in [-0.39, 0.29) is 10.8 Å². The lowest BCUT2D eigenvalue weighted by Crippen LogP contribution is -2.40. The van der Waals surface area contributed by atoms with Crippen LogP contribution >= 0.6 is 0 Å². The zero-order chi connectivity index (χ0) is 29.4. The predicted octanol–water partition coefficient (Wildman–Crippen LogP) is 4.82. The normalized spacial score (nSPS) is 16.8. The molecule has 1 fully saturated rings. The number of carbonyl (C=O) groups is 1. The third-order valence-electron chi connectivity index (χ3n) is 6.96. The predicted molar refractivity (Wildman–Crippen MR) is 164 cm³/mol. The summed E-state index contributed by atoms with van der Waals surface area (Å²) in [5.74, 6) is -0.271. The van der Waals surface area contributed by atoms with Gasteiger partial charge >= 0.3 is 0 Å². The molecule has 0 unspecified atom stereocenters. The van der Waals surface area contributed by atoms with Gasteiger partial charge in [0.1, 0.15) is 0 Å². The van der Waals surface area contributed by atoms with Crippen molar-refractivity contribution in [2.75, 3.05) is 42.4 Å². The Morgan fingerprint density at radius 1 is 0.927 bits per heavy atom. The van der Waals surface area contributed by atoms with Gasteiger partial charge < -0.3 is 15.8 Å². The molecule has 5 rings (SSSR count). The van der Waals surface area contributed by atoms with Gasteiger partial charge in [-0.2, -0.15) is 14.4 Å². The standard InChI is InChI=1S/C23H26N4O4S.C8H11N/c1-3-18-6-4-5-7-22(18)24-16-21-17(2)25-27(23(21)28)19-8-10-20(11-9-19)32(29,30)26-12-14-31-15-13-26;1-2-7-5-3-4-6-8(7)9/h4-11,16,24H,3,12-15H2,1-2H3;3-6H,2,9H2,1H3/b21-16-;. The number of nitrogens with two attached hydrogens (primary N) is 1. The summed E-state index contributed by atoms with van der Waals surface area (Å²) >= 11 is 0. The molecule has 2 aliphatic heterocycles. The third-order valence-corrected chi connectivity index (χ3v) is 8.87. The van der Waals surface area contributed by atoms with Gasteiger partial charge in [0.05, 0.1) is 35.1 Å². The van der Waals surface area contributed by atoms with Crippen molar-refractivity contribution < 1.29 is 17.9 Å². The van der Waals surface area contributed by atoms with E-state index in [1.807, 2.05) is 42.5 Å². The van der Waals surface area contributed by atoms with E-state index in [1.165, 1.54) is 27.0 Å². The lowest BCUT2D eigenvalue weighted by Gasteiger charge is -2.26. The second-order valence-electron chi connectivity index (χ2n) is 9.58. The Balaban J connectivity index is 0.000000367. The van der Waals surface area contributed by atoms with Crippen LogP contribution in [0.15, 0.2) is 94.6 Å². The average Bonchev–Trinajstić information content (AvgIpc) is 3.29. The average molecular weight is 576 g/mol. The maximum absolute atomic E-state index is 13.0. The number of carbonyl (C=O) groups excluding carboxylic acids is 1. The summed E-state index contributed by atoms with van der Waals surface area (Å²) in [5.41, 5.74) is 11.4. The number of morpholine rings is 1. The number of sulfonamides is 1. The van der Waals surface area contributed by atoms with Crippen LogP contribution in [0.25, 0.3) is 0 Å². The number of nitrogen functional groups attached to an aromatic ring is 1. The summed E-state index contributed by atoms with van der Waals surface area (Å²) in [6.45, 7) is 7.39. The molecule has 2 aliphatic rings. The van der Waals surface area contributed by atoms with E-state index in [1.54, 1.807) is 25.3 Å². The first-order chi connectivity index (χ1) is 19.8. The van der Waals surface area contributed by atoms with E-state index < -0.39 is 10.0 Å². The molecular formula is C31H37N5O4S. The molecule has 3 N–H and O–H groups in total. The molecule has 0 radical (unpaired) electrons. The Kier molecular flexibility index (Phi) is 9.93. The number of nitrogens with zero attached hydrogens (tertiary/aromatic N) is 3. The van der Waals surface area contributed by atoms with Crippen molar-refractivity contribution in [3.05, 3.63) is 95.7 Å². The van der Waals surface area contributed by atoms with E-state index in [0.29, 0.717) is 43.3 Å². The fourth-order valence-corrected chi connectivity index (χ4v) is 5.94. The van der Waals surface area contributed by atoms with Crippen LogP contribution in [0.3, 0.4) is 0 Å². The van der Waals surface area contributed by atoms with Crippen LogP contribution in [-0.2, 0) is 32.4 Å². The van der Waals surface area contributed by atoms with Crippen molar-refractivity contribution in [2.24, 2.45) is 5.10 Å². The fourth-order valence-electron chi connectivity index (χ4n) is 4.53. The lowest BCUT2D eigenvalue weighted by molar-refractivity contribution is -0.114. The molecule has 3 aromatic carbocycles. The Labute approximate surface area is 242 Å². The highest BCUT2D eigenvalue weighted by molar-refractivity contribution is 7.89. The van der Waals surface area contributed by atoms with Crippen LogP contribution in [0.5, 0.6) is 0 Å². The maximum Gasteiger partial charge on any atom is 0.282 e. The van der Waals surface area contributed by atoms with Crippen LogP contribution in [0.1, 0.15) is 31.9 Å². The van der Waals surface area contributed by atoms with Gasteiger partial charge in [0.2, 0.25) is 10.0 Å². The zero-order valence-electron chi connectivity index (χ0n) is 23.7. The molecule has 10 heteroatoms. The van der Waals surface area contributed by atoms with Gasteiger partial charge in [0.15, 0.2) is 0 Å². The van der Waals surface area contributed by atoms with Crippen LogP contribution in [0.2, 0.25) is 0 Å². The number of hydrazone groups is 1. The number of rotatable bonds is 7. The number of hydrogen-bond acceptors (Lipinski definition) is 7. The second-order valence-corrected chi connectivity index (χ2v) is 11.5. The summed E-state index contributed by atoms with van der Waals surface area (Å²) < 4.78 is 32.3. The molecule has 41 heavy (non-hydrogen) atoms. The summed E-state index contributed by atoms with van der Waals surface area (Å²) in [6.07, 6.45) is 3.57.